The van der Waals surface area contributed by atoms with E-state index in [-0.39, 0.29) is 48.2 Å². The maximum Gasteiger partial charge on any atom is 0.411 e. The smallest absolute Gasteiger partial charge is 0.411 e. The van der Waals surface area contributed by atoms with Gasteiger partial charge >= 0.3 is 6.09 Å². The van der Waals surface area contributed by atoms with E-state index in [2.05, 4.69) is 5.32 Å². The zero-order valence-corrected chi connectivity index (χ0v) is 23.6. The molecule has 13 heteroatoms. The largest absolute Gasteiger partial charge is 0.508 e. The van der Waals surface area contributed by atoms with Crippen molar-refractivity contribution in [3.8, 4) is 5.75 Å². The summed E-state index contributed by atoms with van der Waals surface area (Å²) in [6.07, 6.45) is -0.820. The number of phenols is 1. The van der Waals surface area contributed by atoms with E-state index in [1.54, 1.807) is 0 Å². The number of hydrogen-bond donors (Lipinski definition) is 7. The first-order valence-corrected chi connectivity index (χ1v) is 13.1. The van der Waals surface area contributed by atoms with Crippen molar-refractivity contribution < 1.29 is 44.3 Å². The molecule has 0 bridgehead atoms. The summed E-state index contributed by atoms with van der Waals surface area (Å²) in [7, 11) is 3.05. The van der Waals surface area contributed by atoms with E-state index in [1.165, 1.54) is 25.1 Å². The highest BCUT2D eigenvalue weighted by molar-refractivity contribution is 6.24. The lowest BCUT2D eigenvalue weighted by atomic mass is 9.57. The molecule has 0 aliphatic heterocycles. The summed E-state index contributed by atoms with van der Waals surface area (Å²) >= 11 is 0. The summed E-state index contributed by atoms with van der Waals surface area (Å²) in [6, 6.07) is 0.271. The van der Waals surface area contributed by atoms with Crippen molar-refractivity contribution in [2.75, 3.05) is 26.0 Å². The second kappa shape index (κ2) is 10.2. The third kappa shape index (κ3) is 4.73. The summed E-state index contributed by atoms with van der Waals surface area (Å²) in [5.74, 6) is -7.60. The van der Waals surface area contributed by atoms with Gasteiger partial charge in [-0.25, -0.2) is 4.79 Å². The Morgan fingerprint density at radius 2 is 1.83 bits per heavy atom. The van der Waals surface area contributed by atoms with Crippen LogP contribution in [0.3, 0.4) is 0 Å². The number of hydrogen-bond acceptors (Lipinski definition) is 11. The van der Waals surface area contributed by atoms with Gasteiger partial charge in [0.05, 0.1) is 23.9 Å². The second-order valence-electron chi connectivity index (χ2n) is 12.2. The number of carbonyl (C=O) groups excluding carboxylic acids is 4. The summed E-state index contributed by atoms with van der Waals surface area (Å²) in [5, 5.41) is 47.6. The number of Topliss-reactive ketones (excluding diaryl/α,β-unsaturated/α-hetero) is 2. The Labute approximate surface area is 236 Å². The number of amides is 2. The molecule has 13 nitrogen and oxygen atoms in total. The number of aliphatic hydroxyl groups is 3. The zero-order chi connectivity index (χ0) is 30.8. The fourth-order valence-corrected chi connectivity index (χ4v) is 6.09. The van der Waals surface area contributed by atoms with Crippen LogP contribution in [0.2, 0.25) is 0 Å². The van der Waals surface area contributed by atoms with Crippen molar-refractivity contribution in [2.24, 2.45) is 28.7 Å². The Morgan fingerprint density at radius 1 is 1.20 bits per heavy atom. The number of primary amides is 1. The zero-order valence-electron chi connectivity index (χ0n) is 23.6. The maximum absolute atomic E-state index is 14.0. The predicted octanol–water partition coefficient (Wildman–Crippen LogP) is 1.02. The van der Waals surface area contributed by atoms with Crippen molar-refractivity contribution in [1.82, 2.24) is 4.90 Å². The maximum atomic E-state index is 14.0. The van der Waals surface area contributed by atoms with Gasteiger partial charge in [0, 0.05) is 18.0 Å². The molecule has 1 fully saturated rings. The number of aromatic hydroxyl groups is 1. The van der Waals surface area contributed by atoms with Crippen LogP contribution in [0.25, 0.3) is 5.76 Å². The van der Waals surface area contributed by atoms with Gasteiger partial charge in [0.25, 0.3) is 5.91 Å². The van der Waals surface area contributed by atoms with Gasteiger partial charge in [-0.3, -0.25) is 24.6 Å². The number of ketones is 2. The number of rotatable bonds is 5. The van der Waals surface area contributed by atoms with Crippen LogP contribution in [-0.4, -0.2) is 81.2 Å². The minimum Gasteiger partial charge on any atom is -0.508 e. The Kier molecular flexibility index (Phi) is 7.44. The number of carbonyl (C=O) groups is 4. The van der Waals surface area contributed by atoms with Gasteiger partial charge in [-0.15, -0.1) is 0 Å². The summed E-state index contributed by atoms with van der Waals surface area (Å²) in [6.45, 7) is 5.64. The molecule has 1 aromatic rings. The number of anilines is 1. The molecule has 3 aliphatic rings. The SMILES string of the molecule is CN(C)C1C(=O)C(C(N)=O)=C(O)C2(O)C(=O)C3=C(O)c4c(O)c(NC(=O)OCC(C)(C)C)cc(CN)c4CC3CC12. The number of phenolic OH excluding ortho intramolecular Hbond substituents is 1. The van der Waals surface area contributed by atoms with Crippen LogP contribution >= 0.6 is 0 Å². The lowest BCUT2D eigenvalue weighted by molar-refractivity contribution is -0.153. The number of nitrogens with one attached hydrogen (secondary N) is 1. The van der Waals surface area contributed by atoms with Gasteiger partial charge in [-0.2, -0.15) is 0 Å². The Balaban J connectivity index is 1.86. The fraction of sp³-hybridized carbons (Fsp3) is 0.500. The number of ether oxygens (including phenoxy) is 1. The average Bonchev–Trinajstić information content (AvgIpc) is 2.85. The number of likely N-dealkylation sites (N-methyl/N-ethyl adjacent to an activating group) is 1. The third-order valence-corrected chi connectivity index (χ3v) is 7.91. The van der Waals surface area contributed by atoms with Gasteiger partial charge in [0.15, 0.2) is 11.4 Å². The number of benzene rings is 1. The number of fused-ring (bicyclic) bond motifs is 3. The van der Waals surface area contributed by atoms with Crippen LogP contribution in [0.5, 0.6) is 5.75 Å². The quantitative estimate of drug-likeness (QED) is 0.195. The topological polar surface area (TPSA) is 226 Å². The standard InChI is InChI=1S/C28H36N4O9/c1-27(2,3)10-41-26(39)31-15-8-12(9-29)13-6-11-7-14-19(32(4)5)22(35)18(25(30)38)24(37)28(14,40)23(36)16(11)21(34)17(13)20(15)33/h8,11,14,19,33-34,37,40H,6-7,9-10,29H2,1-5H3,(H2,30,38)(H,31,39). The fourth-order valence-electron chi connectivity index (χ4n) is 6.09. The van der Waals surface area contributed by atoms with E-state index in [4.69, 9.17) is 16.2 Å². The predicted molar refractivity (Wildman–Crippen MR) is 147 cm³/mol. The molecule has 9 N–H and O–H groups in total. The van der Waals surface area contributed by atoms with Gasteiger partial charge in [0.1, 0.15) is 22.8 Å². The Hall–Kier alpha value is -3.94. The van der Waals surface area contributed by atoms with E-state index in [9.17, 15) is 39.6 Å². The lowest BCUT2D eigenvalue weighted by Crippen LogP contribution is -2.65. The van der Waals surface area contributed by atoms with Crippen LogP contribution in [0.4, 0.5) is 10.5 Å². The molecule has 0 heterocycles. The van der Waals surface area contributed by atoms with Crippen molar-refractivity contribution in [2.45, 2.75) is 51.8 Å². The highest BCUT2D eigenvalue weighted by Gasteiger charge is 2.64. The molecule has 0 aromatic heterocycles. The van der Waals surface area contributed by atoms with E-state index in [0.717, 1.165) is 0 Å². The van der Waals surface area contributed by atoms with Crippen molar-refractivity contribution in [1.29, 1.82) is 0 Å². The van der Waals surface area contributed by atoms with Gasteiger partial charge < -0.3 is 36.6 Å². The van der Waals surface area contributed by atoms with Crippen LogP contribution < -0.4 is 16.8 Å². The van der Waals surface area contributed by atoms with Crippen molar-refractivity contribution >= 4 is 35.0 Å². The second-order valence-corrected chi connectivity index (χ2v) is 12.2. The first-order valence-electron chi connectivity index (χ1n) is 13.1. The molecule has 0 spiro atoms. The monoisotopic (exact) mass is 572 g/mol. The van der Waals surface area contributed by atoms with E-state index in [1.807, 2.05) is 20.8 Å². The summed E-state index contributed by atoms with van der Waals surface area (Å²) in [5.41, 5.74) is 7.66. The lowest BCUT2D eigenvalue weighted by Gasteiger charge is -2.50. The molecule has 0 saturated heterocycles. The average molecular weight is 573 g/mol. The van der Waals surface area contributed by atoms with Gasteiger partial charge in [-0.05, 0) is 55.5 Å². The first-order chi connectivity index (χ1) is 18.9. The molecule has 0 radical (unpaired) electrons. The van der Waals surface area contributed by atoms with Crippen molar-refractivity contribution in [3.63, 3.8) is 0 Å². The van der Waals surface area contributed by atoms with E-state index < -0.39 is 69.9 Å². The number of nitrogens with two attached hydrogens (primary N) is 2. The molecule has 2 amide bonds. The van der Waals surface area contributed by atoms with Crippen LogP contribution in [-0.2, 0) is 32.1 Å². The highest BCUT2D eigenvalue weighted by atomic mass is 16.5. The molecule has 41 heavy (non-hydrogen) atoms. The molecule has 4 atom stereocenters. The molecule has 222 valence electrons. The molecule has 4 unspecified atom stereocenters. The minimum absolute atomic E-state index is 0.0460. The molecular weight excluding hydrogens is 536 g/mol. The normalized spacial score (nSPS) is 26.0. The van der Waals surface area contributed by atoms with E-state index >= 15 is 0 Å². The van der Waals surface area contributed by atoms with Crippen LogP contribution in [0.1, 0.15) is 43.9 Å². The molecule has 4 rings (SSSR count). The number of aliphatic hydroxyl groups excluding tert-OH is 2. The van der Waals surface area contributed by atoms with Crippen LogP contribution in [0.15, 0.2) is 23.0 Å². The molecule has 3 aliphatic carbocycles. The van der Waals surface area contributed by atoms with Gasteiger partial charge in [-0.1, -0.05) is 20.8 Å². The van der Waals surface area contributed by atoms with E-state index in [0.29, 0.717) is 11.1 Å². The molecular formula is C28H36N4O9. The molecule has 1 aromatic carbocycles. The van der Waals surface area contributed by atoms with Crippen molar-refractivity contribution in [3.05, 3.63) is 39.7 Å². The summed E-state index contributed by atoms with van der Waals surface area (Å²) < 4.78 is 5.21. The summed E-state index contributed by atoms with van der Waals surface area (Å²) in [4.78, 5) is 53.1. The first kappa shape index (κ1) is 30.0. The van der Waals surface area contributed by atoms with Crippen LogP contribution in [0, 0.1) is 17.3 Å². The molecule has 1 saturated carbocycles. The minimum atomic E-state index is -2.75. The Morgan fingerprint density at radius 3 is 2.37 bits per heavy atom. The third-order valence-electron chi connectivity index (χ3n) is 7.91. The highest BCUT2D eigenvalue weighted by Crippen LogP contribution is 2.53. The van der Waals surface area contributed by atoms with Gasteiger partial charge in [0.2, 0.25) is 5.78 Å². The number of nitrogens with zero attached hydrogens (tertiary/aromatic N) is 1. The Bertz CT molecular complexity index is 1420.